The molecule has 0 aliphatic heterocycles. The van der Waals surface area contributed by atoms with Crippen LogP contribution in [0.4, 0.5) is 0 Å². The molecule has 0 saturated heterocycles. The molecule has 1 aromatic heterocycles. The molecule has 0 amide bonds. The average Bonchev–Trinajstić information content (AvgIpc) is 2.72. The summed E-state index contributed by atoms with van der Waals surface area (Å²) in [7, 11) is 1.86. The first kappa shape index (κ1) is 12.7. The highest BCUT2D eigenvalue weighted by molar-refractivity contribution is 5.33. The van der Waals surface area contributed by atoms with E-state index in [2.05, 4.69) is 47.8 Å². The zero-order valence-electron chi connectivity index (χ0n) is 11.0. The highest BCUT2D eigenvalue weighted by Gasteiger charge is 2.14. The summed E-state index contributed by atoms with van der Waals surface area (Å²) in [6.07, 6.45) is 2.64. The van der Waals surface area contributed by atoms with E-state index in [1.165, 1.54) is 16.7 Å². The Morgan fingerprint density at radius 3 is 2.72 bits per heavy atom. The van der Waals surface area contributed by atoms with Gasteiger partial charge in [0.15, 0.2) is 0 Å². The van der Waals surface area contributed by atoms with Gasteiger partial charge in [-0.1, -0.05) is 29.0 Å². The van der Waals surface area contributed by atoms with E-state index in [1.54, 1.807) is 4.68 Å². The van der Waals surface area contributed by atoms with Gasteiger partial charge in [-0.3, -0.25) is 16.0 Å². The van der Waals surface area contributed by atoms with Crippen LogP contribution in [0, 0.1) is 13.8 Å². The van der Waals surface area contributed by atoms with Crippen LogP contribution >= 0.6 is 0 Å². The van der Waals surface area contributed by atoms with Crippen molar-refractivity contribution in [1.29, 1.82) is 0 Å². The van der Waals surface area contributed by atoms with Crippen LogP contribution in [0.1, 0.15) is 28.4 Å². The van der Waals surface area contributed by atoms with E-state index in [4.69, 9.17) is 5.84 Å². The number of nitrogens with zero attached hydrogens (tertiary/aromatic N) is 3. The van der Waals surface area contributed by atoms with Crippen molar-refractivity contribution in [2.45, 2.75) is 26.3 Å². The maximum absolute atomic E-state index is 5.66. The van der Waals surface area contributed by atoms with Crippen molar-refractivity contribution in [3.8, 4) is 0 Å². The second-order valence-corrected chi connectivity index (χ2v) is 4.67. The van der Waals surface area contributed by atoms with Crippen molar-refractivity contribution >= 4 is 0 Å². The summed E-state index contributed by atoms with van der Waals surface area (Å²) >= 11 is 0. The molecule has 1 heterocycles. The molecule has 96 valence electrons. The van der Waals surface area contributed by atoms with Crippen LogP contribution in [0.5, 0.6) is 0 Å². The largest absolute Gasteiger partial charge is 0.271 e. The first-order valence-electron chi connectivity index (χ1n) is 5.98. The molecular formula is C13H19N5. The fraction of sp³-hybridized carbons (Fsp3) is 0.385. The normalized spacial score (nSPS) is 12.7. The molecule has 1 atom stereocenters. The molecule has 1 unspecified atom stereocenters. The summed E-state index contributed by atoms with van der Waals surface area (Å²) in [6.45, 7) is 4.19. The maximum atomic E-state index is 5.66. The third kappa shape index (κ3) is 2.75. The summed E-state index contributed by atoms with van der Waals surface area (Å²) in [6, 6.07) is 6.44. The van der Waals surface area contributed by atoms with Gasteiger partial charge in [-0.05, 0) is 25.0 Å². The molecule has 0 saturated carbocycles. The van der Waals surface area contributed by atoms with Gasteiger partial charge in [0.05, 0.1) is 11.7 Å². The van der Waals surface area contributed by atoms with Gasteiger partial charge < -0.3 is 0 Å². The number of hydrazine groups is 1. The lowest BCUT2D eigenvalue weighted by Crippen LogP contribution is -2.30. The quantitative estimate of drug-likeness (QED) is 0.627. The number of rotatable bonds is 4. The lowest BCUT2D eigenvalue weighted by atomic mass is 9.97. The monoisotopic (exact) mass is 245 g/mol. The van der Waals surface area contributed by atoms with Gasteiger partial charge in [0.25, 0.3) is 0 Å². The highest BCUT2D eigenvalue weighted by atomic mass is 15.4. The van der Waals surface area contributed by atoms with E-state index in [9.17, 15) is 0 Å². The number of benzene rings is 1. The molecule has 2 rings (SSSR count). The number of nitrogens with one attached hydrogen (secondary N) is 1. The van der Waals surface area contributed by atoms with Gasteiger partial charge in [0.1, 0.15) is 0 Å². The van der Waals surface area contributed by atoms with Gasteiger partial charge in [0.2, 0.25) is 0 Å². The predicted octanol–water partition coefficient (Wildman–Crippen LogP) is 1.18. The number of hydrogen-bond acceptors (Lipinski definition) is 4. The Hall–Kier alpha value is -1.72. The topological polar surface area (TPSA) is 68.8 Å². The van der Waals surface area contributed by atoms with Crippen LogP contribution in [0.25, 0.3) is 0 Å². The predicted molar refractivity (Wildman–Crippen MR) is 70.7 cm³/mol. The molecule has 18 heavy (non-hydrogen) atoms. The van der Waals surface area contributed by atoms with Crippen molar-refractivity contribution < 1.29 is 0 Å². The second-order valence-electron chi connectivity index (χ2n) is 4.67. The Bertz CT molecular complexity index is 532. The van der Waals surface area contributed by atoms with E-state index >= 15 is 0 Å². The van der Waals surface area contributed by atoms with E-state index < -0.39 is 0 Å². The summed E-state index contributed by atoms with van der Waals surface area (Å²) in [5, 5.41) is 8.03. The molecule has 5 heteroatoms. The van der Waals surface area contributed by atoms with Crippen LogP contribution in [0.2, 0.25) is 0 Å². The Kier molecular flexibility index (Phi) is 3.74. The fourth-order valence-corrected chi connectivity index (χ4v) is 2.17. The zero-order chi connectivity index (χ0) is 13.1. The van der Waals surface area contributed by atoms with Crippen LogP contribution in [0.15, 0.2) is 24.4 Å². The molecule has 0 aliphatic carbocycles. The Labute approximate surface area is 107 Å². The van der Waals surface area contributed by atoms with Gasteiger partial charge in [-0.15, -0.1) is 5.10 Å². The SMILES string of the molecule is Cc1ccc(C(Cc2cn(C)nn2)NN)c(C)c1. The lowest BCUT2D eigenvalue weighted by molar-refractivity contribution is 0.543. The Morgan fingerprint density at radius 2 is 2.17 bits per heavy atom. The smallest absolute Gasteiger partial charge is 0.0846 e. The van der Waals surface area contributed by atoms with E-state index in [0.717, 1.165) is 12.1 Å². The molecule has 0 fully saturated rings. The minimum absolute atomic E-state index is 0.0577. The molecule has 1 aromatic carbocycles. The number of nitrogens with two attached hydrogens (primary N) is 1. The van der Waals surface area contributed by atoms with Crippen molar-refractivity contribution in [3.63, 3.8) is 0 Å². The van der Waals surface area contributed by atoms with Crippen LogP contribution < -0.4 is 11.3 Å². The first-order valence-corrected chi connectivity index (χ1v) is 5.98. The highest BCUT2D eigenvalue weighted by Crippen LogP contribution is 2.21. The summed E-state index contributed by atoms with van der Waals surface area (Å²) < 4.78 is 1.70. The Balaban J connectivity index is 2.22. The molecular weight excluding hydrogens is 226 g/mol. The minimum Gasteiger partial charge on any atom is -0.271 e. The van der Waals surface area contributed by atoms with E-state index in [-0.39, 0.29) is 6.04 Å². The van der Waals surface area contributed by atoms with Crippen LogP contribution in [-0.2, 0) is 13.5 Å². The zero-order valence-corrected chi connectivity index (χ0v) is 11.0. The number of hydrogen-bond donors (Lipinski definition) is 2. The van der Waals surface area contributed by atoms with E-state index in [0.29, 0.717) is 0 Å². The van der Waals surface area contributed by atoms with Gasteiger partial charge in [-0.2, -0.15) is 0 Å². The van der Waals surface area contributed by atoms with Crippen molar-refractivity contribution in [3.05, 3.63) is 46.8 Å². The summed E-state index contributed by atoms with van der Waals surface area (Å²) in [4.78, 5) is 0. The van der Waals surface area contributed by atoms with Gasteiger partial charge in [0, 0.05) is 19.7 Å². The summed E-state index contributed by atoms with van der Waals surface area (Å²) in [5.41, 5.74) is 7.49. The van der Waals surface area contributed by atoms with Crippen molar-refractivity contribution in [1.82, 2.24) is 20.4 Å². The molecule has 0 radical (unpaired) electrons. The lowest BCUT2D eigenvalue weighted by Gasteiger charge is -2.17. The molecule has 3 N–H and O–H groups in total. The summed E-state index contributed by atoms with van der Waals surface area (Å²) in [5.74, 6) is 5.66. The third-order valence-corrected chi connectivity index (χ3v) is 3.07. The average molecular weight is 245 g/mol. The van der Waals surface area contributed by atoms with Crippen LogP contribution in [0.3, 0.4) is 0 Å². The molecule has 2 aromatic rings. The first-order chi connectivity index (χ1) is 8.60. The molecule has 5 nitrogen and oxygen atoms in total. The van der Waals surface area contributed by atoms with Gasteiger partial charge in [-0.25, -0.2) is 0 Å². The van der Waals surface area contributed by atoms with E-state index in [1.807, 2.05) is 13.2 Å². The van der Waals surface area contributed by atoms with Crippen molar-refractivity contribution in [2.24, 2.45) is 12.9 Å². The molecule has 0 aliphatic rings. The molecule has 0 bridgehead atoms. The fourth-order valence-electron chi connectivity index (χ4n) is 2.17. The maximum Gasteiger partial charge on any atom is 0.0846 e. The standard InChI is InChI=1S/C13H19N5/c1-9-4-5-12(10(2)6-9)13(15-14)7-11-8-18(3)17-16-11/h4-6,8,13,15H,7,14H2,1-3H3. The molecule has 0 spiro atoms. The third-order valence-electron chi connectivity index (χ3n) is 3.07. The number of aryl methyl sites for hydroxylation is 3. The van der Waals surface area contributed by atoms with Crippen LogP contribution in [-0.4, -0.2) is 15.0 Å². The minimum atomic E-state index is 0.0577. The van der Waals surface area contributed by atoms with Crippen molar-refractivity contribution in [2.75, 3.05) is 0 Å². The Morgan fingerprint density at radius 1 is 1.39 bits per heavy atom. The van der Waals surface area contributed by atoms with Gasteiger partial charge >= 0.3 is 0 Å². The second kappa shape index (κ2) is 5.29. The number of aromatic nitrogens is 3.